The molecule has 0 spiro atoms. The van der Waals surface area contributed by atoms with Crippen molar-refractivity contribution in [2.45, 2.75) is 13.0 Å². The van der Waals surface area contributed by atoms with Crippen molar-refractivity contribution in [1.82, 2.24) is 10.1 Å². The van der Waals surface area contributed by atoms with E-state index in [-0.39, 0.29) is 0 Å². The summed E-state index contributed by atoms with van der Waals surface area (Å²) in [6, 6.07) is 1.11. The van der Waals surface area contributed by atoms with Gasteiger partial charge in [0.2, 0.25) is 0 Å². The van der Waals surface area contributed by atoms with E-state index in [0.29, 0.717) is 11.1 Å². The maximum absolute atomic E-state index is 10.9. The largest absolute Gasteiger partial charge is 0.480 e. The Labute approximate surface area is 91.5 Å². The SMILES string of the molecule is CC(C(=O)O)N(C)c1ccnc2oncc12. The Bertz CT molecular complexity index is 523. The first kappa shape index (κ1) is 10.4. The molecule has 1 atom stereocenters. The minimum Gasteiger partial charge on any atom is -0.480 e. The third kappa shape index (κ3) is 1.58. The topological polar surface area (TPSA) is 79.5 Å². The van der Waals surface area contributed by atoms with E-state index in [9.17, 15) is 4.79 Å². The van der Waals surface area contributed by atoms with E-state index < -0.39 is 12.0 Å². The van der Waals surface area contributed by atoms with Crippen LogP contribution in [0.25, 0.3) is 11.1 Å². The van der Waals surface area contributed by atoms with E-state index in [2.05, 4.69) is 10.1 Å². The molecule has 2 aromatic rings. The van der Waals surface area contributed by atoms with Crippen LogP contribution in [0.4, 0.5) is 5.69 Å². The number of carboxylic acid groups (broad SMARTS) is 1. The van der Waals surface area contributed by atoms with Crippen LogP contribution in [0.1, 0.15) is 6.92 Å². The first-order valence-electron chi connectivity index (χ1n) is 4.76. The van der Waals surface area contributed by atoms with Crippen molar-refractivity contribution in [3.8, 4) is 0 Å². The standard InChI is InChI=1S/C10H11N3O3/c1-6(10(14)15)13(2)8-3-4-11-9-7(8)5-12-16-9/h3-6H,1-2H3,(H,14,15). The van der Waals surface area contributed by atoms with Crippen LogP contribution < -0.4 is 4.90 Å². The Morgan fingerprint density at radius 3 is 3.06 bits per heavy atom. The van der Waals surface area contributed by atoms with Crippen molar-refractivity contribution < 1.29 is 14.4 Å². The predicted molar refractivity (Wildman–Crippen MR) is 57.3 cm³/mol. The summed E-state index contributed by atoms with van der Waals surface area (Å²) in [6.07, 6.45) is 3.09. The molecule has 1 N–H and O–H groups in total. The Hall–Kier alpha value is -2.11. The van der Waals surface area contributed by atoms with Gasteiger partial charge in [0, 0.05) is 13.2 Å². The fraction of sp³-hybridized carbons (Fsp3) is 0.300. The molecule has 0 aromatic carbocycles. The molecule has 2 heterocycles. The smallest absolute Gasteiger partial charge is 0.326 e. The van der Waals surface area contributed by atoms with Gasteiger partial charge in [0.25, 0.3) is 5.71 Å². The van der Waals surface area contributed by atoms with Crippen LogP contribution >= 0.6 is 0 Å². The molecule has 6 nitrogen and oxygen atoms in total. The lowest BCUT2D eigenvalue weighted by Gasteiger charge is -2.23. The van der Waals surface area contributed by atoms with E-state index in [1.54, 1.807) is 31.1 Å². The van der Waals surface area contributed by atoms with Gasteiger partial charge in [-0.1, -0.05) is 5.16 Å². The molecule has 84 valence electrons. The van der Waals surface area contributed by atoms with E-state index in [1.807, 2.05) is 0 Å². The molecule has 0 saturated carbocycles. The summed E-state index contributed by atoms with van der Waals surface area (Å²) in [6.45, 7) is 1.61. The van der Waals surface area contributed by atoms with Crippen LogP contribution in [0.15, 0.2) is 23.0 Å². The zero-order valence-corrected chi connectivity index (χ0v) is 8.91. The van der Waals surface area contributed by atoms with Crippen LogP contribution in [0.3, 0.4) is 0 Å². The summed E-state index contributed by atoms with van der Waals surface area (Å²) >= 11 is 0. The number of carboxylic acids is 1. The van der Waals surface area contributed by atoms with Crippen molar-refractivity contribution >= 4 is 22.8 Å². The summed E-state index contributed by atoms with van der Waals surface area (Å²) < 4.78 is 4.91. The number of hydrogen-bond donors (Lipinski definition) is 1. The second-order valence-corrected chi connectivity index (χ2v) is 3.50. The highest BCUT2D eigenvalue weighted by Gasteiger charge is 2.19. The Balaban J connectivity index is 2.46. The van der Waals surface area contributed by atoms with Gasteiger partial charge in [-0.3, -0.25) is 0 Å². The van der Waals surface area contributed by atoms with Crippen LogP contribution in [-0.2, 0) is 4.79 Å². The van der Waals surface area contributed by atoms with Gasteiger partial charge in [-0.25, -0.2) is 9.78 Å². The number of rotatable bonds is 3. The highest BCUT2D eigenvalue weighted by Crippen LogP contribution is 2.25. The molecule has 1 unspecified atom stereocenters. The summed E-state index contributed by atoms with van der Waals surface area (Å²) in [4.78, 5) is 16.5. The number of aliphatic carboxylic acids is 1. The number of aromatic nitrogens is 2. The maximum atomic E-state index is 10.9. The molecular weight excluding hydrogens is 210 g/mol. The molecule has 16 heavy (non-hydrogen) atoms. The average Bonchev–Trinajstić information content (AvgIpc) is 2.74. The van der Waals surface area contributed by atoms with Gasteiger partial charge in [0.05, 0.1) is 17.3 Å². The summed E-state index contributed by atoms with van der Waals surface area (Å²) in [7, 11) is 1.71. The first-order valence-corrected chi connectivity index (χ1v) is 4.76. The molecule has 0 aliphatic rings. The summed E-state index contributed by atoms with van der Waals surface area (Å²) in [5, 5.41) is 13.3. The molecule has 0 aliphatic carbocycles. The van der Waals surface area contributed by atoms with Gasteiger partial charge in [-0.2, -0.15) is 0 Å². The summed E-state index contributed by atoms with van der Waals surface area (Å²) in [5.74, 6) is -0.885. The fourth-order valence-electron chi connectivity index (χ4n) is 1.45. The second-order valence-electron chi connectivity index (χ2n) is 3.50. The van der Waals surface area contributed by atoms with Crippen molar-refractivity contribution in [2.24, 2.45) is 0 Å². The van der Waals surface area contributed by atoms with Crippen molar-refractivity contribution in [3.63, 3.8) is 0 Å². The maximum Gasteiger partial charge on any atom is 0.326 e. The Morgan fingerprint density at radius 1 is 1.62 bits per heavy atom. The first-order chi connectivity index (χ1) is 7.61. The van der Waals surface area contributed by atoms with Crippen molar-refractivity contribution in [3.05, 3.63) is 18.5 Å². The van der Waals surface area contributed by atoms with E-state index in [4.69, 9.17) is 9.63 Å². The molecule has 0 radical (unpaired) electrons. The van der Waals surface area contributed by atoms with Gasteiger partial charge in [-0.15, -0.1) is 0 Å². The molecule has 0 aliphatic heterocycles. The molecule has 0 saturated heterocycles. The molecular formula is C10H11N3O3. The quantitative estimate of drug-likeness (QED) is 0.836. The predicted octanol–water partition coefficient (Wildman–Crippen LogP) is 1.13. The molecule has 0 fully saturated rings. The number of nitrogens with zero attached hydrogens (tertiary/aromatic N) is 3. The minimum absolute atomic E-state index is 0.405. The van der Waals surface area contributed by atoms with Gasteiger partial charge in [0.1, 0.15) is 6.04 Å². The van der Waals surface area contributed by atoms with E-state index in [0.717, 1.165) is 5.69 Å². The number of anilines is 1. The lowest BCUT2D eigenvalue weighted by molar-refractivity contribution is -0.138. The van der Waals surface area contributed by atoms with E-state index in [1.165, 1.54) is 6.20 Å². The van der Waals surface area contributed by atoms with E-state index >= 15 is 0 Å². The lowest BCUT2D eigenvalue weighted by atomic mass is 10.2. The van der Waals surface area contributed by atoms with Crippen molar-refractivity contribution in [1.29, 1.82) is 0 Å². The normalized spacial score (nSPS) is 12.6. The highest BCUT2D eigenvalue weighted by molar-refractivity contribution is 5.90. The molecule has 2 rings (SSSR count). The molecule has 2 aromatic heterocycles. The van der Waals surface area contributed by atoms with Gasteiger partial charge >= 0.3 is 5.97 Å². The van der Waals surface area contributed by atoms with Crippen LogP contribution in [-0.4, -0.2) is 34.3 Å². The highest BCUT2D eigenvalue weighted by atomic mass is 16.5. The molecule has 0 amide bonds. The van der Waals surface area contributed by atoms with Gasteiger partial charge in [0.15, 0.2) is 0 Å². The van der Waals surface area contributed by atoms with Crippen LogP contribution in [0.2, 0.25) is 0 Å². The number of fused-ring (bicyclic) bond motifs is 1. The third-order valence-corrected chi connectivity index (χ3v) is 2.57. The monoisotopic (exact) mass is 221 g/mol. The van der Waals surface area contributed by atoms with Crippen LogP contribution in [0.5, 0.6) is 0 Å². The summed E-state index contributed by atoms with van der Waals surface area (Å²) in [5.41, 5.74) is 1.14. The van der Waals surface area contributed by atoms with Gasteiger partial charge < -0.3 is 14.5 Å². The number of hydrogen-bond acceptors (Lipinski definition) is 5. The number of pyridine rings is 1. The molecule has 6 heteroatoms. The van der Waals surface area contributed by atoms with Crippen molar-refractivity contribution in [2.75, 3.05) is 11.9 Å². The minimum atomic E-state index is -0.885. The molecule has 0 bridgehead atoms. The zero-order chi connectivity index (χ0) is 11.7. The lowest BCUT2D eigenvalue weighted by Crippen LogP contribution is -2.35. The van der Waals surface area contributed by atoms with Crippen LogP contribution in [0, 0.1) is 0 Å². The Morgan fingerprint density at radius 2 is 2.38 bits per heavy atom. The fourth-order valence-corrected chi connectivity index (χ4v) is 1.45. The number of carbonyl (C=O) groups is 1. The third-order valence-electron chi connectivity index (χ3n) is 2.57. The average molecular weight is 221 g/mol. The Kier molecular flexibility index (Phi) is 2.47. The number of likely N-dealkylation sites (N-methyl/N-ethyl adjacent to an activating group) is 1. The van der Waals surface area contributed by atoms with Gasteiger partial charge in [-0.05, 0) is 13.0 Å². The zero-order valence-electron chi connectivity index (χ0n) is 8.91. The second kappa shape index (κ2) is 3.80.